The maximum absolute atomic E-state index is 13.3. The Morgan fingerprint density at radius 1 is 1.39 bits per heavy atom. The van der Waals surface area contributed by atoms with Crippen molar-refractivity contribution in [2.24, 2.45) is 5.73 Å². The van der Waals surface area contributed by atoms with Gasteiger partial charge in [-0.15, -0.1) is 0 Å². The summed E-state index contributed by atoms with van der Waals surface area (Å²) in [6, 6.07) is 4.14. The maximum Gasteiger partial charge on any atom is 0.351 e. The molecule has 0 bridgehead atoms. The number of rotatable bonds is 6. The Bertz CT molecular complexity index is 448. The molecular weight excluding hydrogens is 280 g/mol. The van der Waals surface area contributed by atoms with E-state index in [0.717, 1.165) is 0 Å². The lowest BCUT2D eigenvalue weighted by atomic mass is 10.2. The summed E-state index contributed by atoms with van der Waals surface area (Å²) in [5, 5.41) is -0.162. The van der Waals surface area contributed by atoms with Crippen LogP contribution >= 0.6 is 19.2 Å². The summed E-state index contributed by atoms with van der Waals surface area (Å²) in [6.45, 7) is 3.70. The van der Waals surface area contributed by atoms with E-state index in [1.54, 1.807) is 13.8 Å². The predicted octanol–water partition coefficient (Wildman–Crippen LogP) is 3.70. The van der Waals surface area contributed by atoms with E-state index in [1.165, 1.54) is 18.2 Å². The van der Waals surface area contributed by atoms with Crippen molar-refractivity contribution in [3.63, 3.8) is 0 Å². The van der Waals surface area contributed by atoms with Crippen molar-refractivity contribution in [2.75, 3.05) is 13.2 Å². The molecule has 0 aromatic heterocycles. The topological polar surface area (TPSA) is 61.5 Å². The molecule has 0 spiro atoms. The smallest absolute Gasteiger partial charge is 0.314 e. The van der Waals surface area contributed by atoms with E-state index in [2.05, 4.69) is 0 Å². The molecule has 0 saturated carbocycles. The van der Waals surface area contributed by atoms with E-state index in [9.17, 15) is 8.96 Å². The van der Waals surface area contributed by atoms with Crippen LogP contribution in [-0.2, 0) is 13.6 Å². The van der Waals surface area contributed by atoms with Crippen LogP contribution in [0.2, 0.25) is 5.02 Å². The van der Waals surface area contributed by atoms with Gasteiger partial charge in [0.2, 0.25) is 0 Å². The lowest BCUT2D eigenvalue weighted by molar-refractivity contribution is 0.212. The zero-order chi connectivity index (χ0) is 13.8. The number of halogens is 2. The first kappa shape index (κ1) is 15.6. The van der Waals surface area contributed by atoms with Crippen molar-refractivity contribution in [3.8, 4) is 0 Å². The highest BCUT2D eigenvalue weighted by atomic mass is 35.5. The van der Waals surface area contributed by atoms with Gasteiger partial charge in [0.25, 0.3) is 0 Å². The van der Waals surface area contributed by atoms with E-state index < -0.39 is 19.2 Å². The zero-order valence-electron chi connectivity index (χ0n) is 10.2. The molecule has 1 rings (SSSR count). The van der Waals surface area contributed by atoms with Gasteiger partial charge in [0.1, 0.15) is 11.6 Å². The first-order chi connectivity index (χ1) is 8.46. The molecule has 1 aromatic carbocycles. The molecule has 0 radical (unpaired) electrons. The highest BCUT2D eigenvalue weighted by Gasteiger charge is 2.35. The maximum atomic E-state index is 13.3. The van der Waals surface area contributed by atoms with Gasteiger partial charge in [0, 0.05) is 5.56 Å². The summed E-state index contributed by atoms with van der Waals surface area (Å²) in [6.07, 6.45) is 0. The van der Waals surface area contributed by atoms with Crippen molar-refractivity contribution in [3.05, 3.63) is 34.6 Å². The molecule has 0 fully saturated rings. The average molecular weight is 296 g/mol. The third-order valence-corrected chi connectivity index (χ3v) is 4.85. The molecule has 2 N–H and O–H groups in total. The summed E-state index contributed by atoms with van der Waals surface area (Å²) in [5.74, 6) is -1.73. The van der Waals surface area contributed by atoms with E-state index in [-0.39, 0.29) is 23.8 Å². The fourth-order valence-electron chi connectivity index (χ4n) is 1.48. The summed E-state index contributed by atoms with van der Waals surface area (Å²) >= 11 is 5.81. The minimum absolute atomic E-state index is 0.162. The Kier molecular flexibility index (Phi) is 5.76. The molecule has 18 heavy (non-hydrogen) atoms. The Labute approximate surface area is 111 Å². The van der Waals surface area contributed by atoms with Crippen LogP contribution < -0.4 is 5.73 Å². The lowest BCUT2D eigenvalue weighted by Crippen LogP contribution is -2.15. The summed E-state index contributed by atoms with van der Waals surface area (Å²) in [4.78, 5) is 0. The van der Waals surface area contributed by atoms with Gasteiger partial charge in [-0.3, -0.25) is 4.57 Å². The first-order valence-electron chi connectivity index (χ1n) is 5.54. The fourth-order valence-corrected chi connectivity index (χ4v) is 3.47. The van der Waals surface area contributed by atoms with Gasteiger partial charge < -0.3 is 14.8 Å². The van der Waals surface area contributed by atoms with Crippen LogP contribution in [0.3, 0.4) is 0 Å². The lowest BCUT2D eigenvalue weighted by Gasteiger charge is -2.24. The first-order valence-corrected chi connectivity index (χ1v) is 7.53. The quantitative estimate of drug-likeness (QED) is 0.813. The van der Waals surface area contributed by atoms with Gasteiger partial charge in [-0.05, 0) is 19.9 Å². The average Bonchev–Trinajstić information content (AvgIpc) is 2.32. The summed E-state index contributed by atoms with van der Waals surface area (Å²) in [5.41, 5.74) is 6.06. The second-order valence-corrected chi connectivity index (χ2v) is 5.99. The Morgan fingerprint density at radius 3 is 2.44 bits per heavy atom. The van der Waals surface area contributed by atoms with Gasteiger partial charge in [-0.25, -0.2) is 4.39 Å². The summed E-state index contributed by atoms with van der Waals surface area (Å²) in [7, 11) is -3.55. The highest BCUT2D eigenvalue weighted by Crippen LogP contribution is 2.59. The molecule has 0 unspecified atom stereocenters. The molecule has 0 saturated heterocycles. The minimum Gasteiger partial charge on any atom is -0.314 e. The number of hydrogen-bond donors (Lipinski definition) is 1. The van der Waals surface area contributed by atoms with Crippen molar-refractivity contribution in [2.45, 2.75) is 19.6 Å². The zero-order valence-corrected chi connectivity index (χ0v) is 11.9. The standard InChI is InChI=1S/C11H16ClFNO3P/c1-3-16-18(15,17-4-2)11(14)8-6-5-7-9(13)10(8)12/h5-7,11H,3-4,14H2,1-2H3/t11-/m1/s1. The second-order valence-electron chi connectivity index (χ2n) is 3.46. The van der Waals surface area contributed by atoms with Crippen LogP contribution in [0.1, 0.15) is 25.2 Å². The Balaban J connectivity index is 3.13. The van der Waals surface area contributed by atoms with Crippen LogP contribution in [0.4, 0.5) is 4.39 Å². The SMILES string of the molecule is CCOP(=O)(OCC)[C@@H](N)c1cccc(F)c1Cl. The third kappa shape index (κ3) is 3.31. The predicted molar refractivity (Wildman–Crippen MR) is 69.2 cm³/mol. The van der Waals surface area contributed by atoms with E-state index >= 15 is 0 Å². The molecule has 0 aliphatic heterocycles. The monoisotopic (exact) mass is 295 g/mol. The molecule has 0 amide bonds. The van der Waals surface area contributed by atoms with Crippen LogP contribution in [0.5, 0.6) is 0 Å². The molecule has 7 heteroatoms. The molecule has 0 aliphatic carbocycles. The third-order valence-electron chi connectivity index (χ3n) is 2.26. The van der Waals surface area contributed by atoms with E-state index in [0.29, 0.717) is 0 Å². The van der Waals surface area contributed by atoms with Gasteiger partial charge >= 0.3 is 7.60 Å². The molecular formula is C11H16ClFNO3P. The Hall–Kier alpha value is -0.450. The number of nitrogens with two attached hydrogens (primary N) is 1. The number of benzene rings is 1. The minimum atomic E-state index is -3.55. The molecule has 0 aliphatic rings. The molecule has 0 heterocycles. The van der Waals surface area contributed by atoms with Crippen molar-refractivity contribution >= 4 is 19.2 Å². The van der Waals surface area contributed by atoms with Gasteiger partial charge in [-0.2, -0.15) is 0 Å². The molecule has 1 atom stereocenters. The van der Waals surface area contributed by atoms with Crippen LogP contribution in [0.15, 0.2) is 18.2 Å². The van der Waals surface area contributed by atoms with Gasteiger partial charge in [0.05, 0.1) is 18.2 Å². The van der Waals surface area contributed by atoms with Crippen molar-refractivity contribution < 1.29 is 18.0 Å². The van der Waals surface area contributed by atoms with E-state index in [1.807, 2.05) is 0 Å². The van der Waals surface area contributed by atoms with Crippen LogP contribution in [0, 0.1) is 5.82 Å². The fraction of sp³-hybridized carbons (Fsp3) is 0.455. The molecule has 1 aromatic rings. The second kappa shape index (κ2) is 6.64. The van der Waals surface area contributed by atoms with E-state index in [4.69, 9.17) is 26.4 Å². The molecule has 4 nitrogen and oxygen atoms in total. The largest absolute Gasteiger partial charge is 0.351 e. The van der Waals surface area contributed by atoms with Crippen molar-refractivity contribution in [1.29, 1.82) is 0 Å². The van der Waals surface area contributed by atoms with Crippen LogP contribution in [-0.4, -0.2) is 13.2 Å². The normalized spacial score (nSPS) is 13.6. The van der Waals surface area contributed by atoms with Crippen molar-refractivity contribution in [1.82, 2.24) is 0 Å². The number of hydrogen-bond acceptors (Lipinski definition) is 4. The highest BCUT2D eigenvalue weighted by molar-refractivity contribution is 7.54. The van der Waals surface area contributed by atoms with Gasteiger partial charge in [-0.1, -0.05) is 23.7 Å². The molecule has 102 valence electrons. The van der Waals surface area contributed by atoms with Gasteiger partial charge in [0.15, 0.2) is 0 Å². The van der Waals surface area contributed by atoms with Crippen LogP contribution in [0.25, 0.3) is 0 Å². The summed E-state index contributed by atoms with van der Waals surface area (Å²) < 4.78 is 36.0. The Morgan fingerprint density at radius 2 is 1.94 bits per heavy atom.